The zero-order valence-electron chi connectivity index (χ0n) is 10.4. The Morgan fingerprint density at radius 2 is 1.69 bits per heavy atom. The van der Waals surface area contributed by atoms with Crippen molar-refractivity contribution >= 4 is 5.78 Å². The van der Waals surface area contributed by atoms with Crippen molar-refractivity contribution in [2.75, 3.05) is 26.4 Å². The van der Waals surface area contributed by atoms with Crippen molar-refractivity contribution < 1.29 is 19.0 Å². The van der Waals surface area contributed by atoms with Crippen LogP contribution in [0.25, 0.3) is 0 Å². The van der Waals surface area contributed by atoms with Crippen LogP contribution in [0.5, 0.6) is 0 Å². The van der Waals surface area contributed by atoms with Crippen LogP contribution in [0.4, 0.5) is 0 Å². The molecule has 0 amide bonds. The molecule has 4 heteroatoms. The van der Waals surface area contributed by atoms with Crippen molar-refractivity contribution in [3.8, 4) is 0 Å². The predicted molar refractivity (Wildman–Crippen MR) is 60.4 cm³/mol. The molecular weight excluding hydrogens is 208 g/mol. The zero-order chi connectivity index (χ0) is 12.0. The van der Waals surface area contributed by atoms with E-state index in [1.54, 1.807) is 6.92 Å². The second kappa shape index (κ2) is 6.99. The number of carbonyl (C=O) groups excluding carboxylic acids is 1. The Balaban J connectivity index is 0.000000168. The van der Waals surface area contributed by atoms with Crippen LogP contribution in [-0.4, -0.2) is 44.4 Å². The number of epoxide rings is 2. The molecule has 2 aliphatic rings. The van der Waals surface area contributed by atoms with Crippen molar-refractivity contribution in [3.05, 3.63) is 0 Å². The van der Waals surface area contributed by atoms with Gasteiger partial charge in [-0.1, -0.05) is 13.8 Å². The summed E-state index contributed by atoms with van der Waals surface area (Å²) in [5, 5.41) is 0. The fourth-order valence-corrected chi connectivity index (χ4v) is 1.23. The average Bonchev–Trinajstić information content (AvgIpc) is 2.96. The molecule has 4 nitrogen and oxygen atoms in total. The van der Waals surface area contributed by atoms with Gasteiger partial charge < -0.3 is 19.0 Å². The third-order valence-corrected chi connectivity index (χ3v) is 2.11. The van der Waals surface area contributed by atoms with E-state index in [0.29, 0.717) is 18.1 Å². The minimum Gasteiger partial charge on any atom is -0.376 e. The molecule has 0 aromatic heterocycles. The second-order valence-electron chi connectivity index (χ2n) is 4.75. The summed E-state index contributed by atoms with van der Waals surface area (Å²) in [6.45, 7) is 8.97. The normalized spacial score (nSPS) is 26.0. The summed E-state index contributed by atoms with van der Waals surface area (Å²) in [4.78, 5) is 10.3. The molecule has 2 fully saturated rings. The fraction of sp³-hybridized carbons (Fsp3) is 0.917. The molecule has 2 aliphatic heterocycles. The lowest BCUT2D eigenvalue weighted by Gasteiger charge is -1.95. The number of ketones is 1. The van der Waals surface area contributed by atoms with Crippen LogP contribution in [0.2, 0.25) is 0 Å². The molecular formula is C12H22O4. The van der Waals surface area contributed by atoms with Gasteiger partial charge in [-0.2, -0.15) is 0 Å². The highest BCUT2D eigenvalue weighted by Crippen LogP contribution is 2.12. The first-order valence-electron chi connectivity index (χ1n) is 5.88. The summed E-state index contributed by atoms with van der Waals surface area (Å²) in [6, 6.07) is 0. The number of Topliss-reactive ketones (excluding diaryl/α,β-unsaturated/α-hetero) is 1. The number of hydrogen-bond acceptors (Lipinski definition) is 4. The quantitative estimate of drug-likeness (QED) is 0.648. The monoisotopic (exact) mass is 230 g/mol. The Hall–Kier alpha value is -0.450. The molecule has 2 rings (SSSR count). The van der Waals surface area contributed by atoms with Crippen molar-refractivity contribution in [1.82, 2.24) is 0 Å². The van der Waals surface area contributed by atoms with E-state index in [1.807, 2.05) is 13.8 Å². The largest absolute Gasteiger partial charge is 0.376 e. The third kappa shape index (κ3) is 8.83. The van der Waals surface area contributed by atoms with Gasteiger partial charge in [0.1, 0.15) is 18.0 Å². The molecule has 2 heterocycles. The molecule has 0 aromatic rings. The summed E-state index contributed by atoms with van der Waals surface area (Å²) in [5.74, 6) is 0.813. The molecule has 16 heavy (non-hydrogen) atoms. The number of carbonyl (C=O) groups is 1. The molecule has 0 saturated carbocycles. The van der Waals surface area contributed by atoms with Gasteiger partial charge in [-0.15, -0.1) is 0 Å². The molecule has 2 saturated heterocycles. The Bertz CT molecular complexity index is 195. The smallest absolute Gasteiger partial charge is 0.130 e. The maximum absolute atomic E-state index is 10.3. The van der Waals surface area contributed by atoms with Crippen molar-refractivity contribution in [2.24, 2.45) is 5.92 Å². The lowest BCUT2D eigenvalue weighted by molar-refractivity contribution is -0.117. The molecule has 0 N–H and O–H groups in total. The summed E-state index contributed by atoms with van der Waals surface area (Å²) in [5.41, 5.74) is 0. The summed E-state index contributed by atoms with van der Waals surface area (Å²) in [7, 11) is 0. The van der Waals surface area contributed by atoms with E-state index in [9.17, 15) is 4.79 Å². The zero-order valence-corrected chi connectivity index (χ0v) is 10.4. The van der Waals surface area contributed by atoms with Crippen LogP contribution in [-0.2, 0) is 19.0 Å². The third-order valence-electron chi connectivity index (χ3n) is 2.11. The first kappa shape index (κ1) is 13.6. The van der Waals surface area contributed by atoms with E-state index < -0.39 is 0 Å². The van der Waals surface area contributed by atoms with Gasteiger partial charge in [-0.05, 0) is 12.8 Å². The summed E-state index contributed by atoms with van der Waals surface area (Å²) >= 11 is 0. The van der Waals surface area contributed by atoms with E-state index in [4.69, 9.17) is 14.2 Å². The highest BCUT2D eigenvalue weighted by molar-refractivity contribution is 5.75. The SMILES string of the molecule is C(OCC1CO1)C1CO1.CC(=O)CC(C)C. The van der Waals surface area contributed by atoms with Crippen molar-refractivity contribution in [2.45, 2.75) is 39.4 Å². The Morgan fingerprint density at radius 3 is 1.88 bits per heavy atom. The number of rotatable bonds is 6. The predicted octanol–water partition coefficient (Wildman–Crippen LogP) is 1.42. The van der Waals surface area contributed by atoms with Gasteiger partial charge in [-0.25, -0.2) is 0 Å². The van der Waals surface area contributed by atoms with Gasteiger partial charge in [0.2, 0.25) is 0 Å². The molecule has 94 valence electrons. The molecule has 2 atom stereocenters. The van der Waals surface area contributed by atoms with E-state index in [1.165, 1.54) is 0 Å². The van der Waals surface area contributed by atoms with Gasteiger partial charge >= 0.3 is 0 Å². The Morgan fingerprint density at radius 1 is 1.25 bits per heavy atom. The molecule has 0 radical (unpaired) electrons. The lowest BCUT2D eigenvalue weighted by atomic mass is 10.1. The van der Waals surface area contributed by atoms with Crippen LogP contribution >= 0.6 is 0 Å². The minimum absolute atomic E-state index is 0.287. The van der Waals surface area contributed by atoms with Crippen LogP contribution < -0.4 is 0 Å². The summed E-state index contributed by atoms with van der Waals surface area (Å²) in [6.07, 6.45) is 1.51. The number of hydrogen-bond donors (Lipinski definition) is 0. The van der Waals surface area contributed by atoms with E-state index >= 15 is 0 Å². The first-order chi connectivity index (χ1) is 7.58. The standard InChI is InChI=1S/C6H10O3.C6H12O/c1(5-3-8-5)7-2-6-4-9-6;1-5(2)4-6(3)7/h5-6H,1-4H2;5H,4H2,1-3H3. The average molecular weight is 230 g/mol. The highest BCUT2D eigenvalue weighted by Gasteiger charge is 2.26. The van der Waals surface area contributed by atoms with Crippen LogP contribution in [0.15, 0.2) is 0 Å². The molecule has 0 bridgehead atoms. The lowest BCUT2D eigenvalue weighted by Crippen LogP contribution is -2.06. The van der Waals surface area contributed by atoms with Gasteiger partial charge in [0.15, 0.2) is 0 Å². The molecule has 2 unspecified atom stereocenters. The van der Waals surface area contributed by atoms with E-state index in [0.717, 1.165) is 32.8 Å². The van der Waals surface area contributed by atoms with Crippen molar-refractivity contribution in [1.29, 1.82) is 0 Å². The van der Waals surface area contributed by atoms with Gasteiger partial charge in [0.05, 0.1) is 26.4 Å². The van der Waals surface area contributed by atoms with Gasteiger partial charge in [0, 0.05) is 6.42 Å². The van der Waals surface area contributed by atoms with Gasteiger partial charge in [-0.3, -0.25) is 0 Å². The maximum atomic E-state index is 10.3. The highest BCUT2D eigenvalue weighted by atomic mass is 16.6. The van der Waals surface area contributed by atoms with Gasteiger partial charge in [0.25, 0.3) is 0 Å². The van der Waals surface area contributed by atoms with E-state index in [-0.39, 0.29) is 5.78 Å². The van der Waals surface area contributed by atoms with Crippen LogP contribution in [0, 0.1) is 5.92 Å². The van der Waals surface area contributed by atoms with E-state index in [2.05, 4.69) is 0 Å². The summed E-state index contributed by atoms with van der Waals surface area (Å²) < 4.78 is 15.1. The molecule has 0 spiro atoms. The van der Waals surface area contributed by atoms with Crippen LogP contribution in [0.3, 0.4) is 0 Å². The number of ether oxygens (including phenoxy) is 3. The second-order valence-corrected chi connectivity index (χ2v) is 4.75. The van der Waals surface area contributed by atoms with Crippen LogP contribution in [0.1, 0.15) is 27.2 Å². The Kier molecular flexibility index (Phi) is 5.95. The maximum Gasteiger partial charge on any atom is 0.130 e. The topological polar surface area (TPSA) is 51.4 Å². The molecule has 0 aliphatic carbocycles. The minimum atomic E-state index is 0.287. The van der Waals surface area contributed by atoms with Crippen molar-refractivity contribution in [3.63, 3.8) is 0 Å². The fourth-order valence-electron chi connectivity index (χ4n) is 1.23. The molecule has 0 aromatic carbocycles. The first-order valence-corrected chi connectivity index (χ1v) is 5.88. The Labute approximate surface area is 97.2 Å².